The van der Waals surface area contributed by atoms with Crippen molar-refractivity contribution < 1.29 is 43.0 Å². The number of phosphoric ester groups is 1. The van der Waals surface area contributed by atoms with Gasteiger partial charge in [-0.15, -0.1) is 0 Å². The van der Waals surface area contributed by atoms with Crippen molar-refractivity contribution in [3.8, 4) is 0 Å². The maximum Gasteiger partial charge on any atom is 0.472 e. The molecule has 0 fully saturated rings. The largest absolute Gasteiger partial charge is 0.472 e. The van der Waals surface area contributed by atoms with E-state index in [4.69, 9.17) is 23.6 Å². The second-order valence-corrected chi connectivity index (χ2v) is 16.2. The van der Waals surface area contributed by atoms with Gasteiger partial charge in [-0.25, -0.2) is 4.57 Å². The lowest BCUT2D eigenvalue weighted by Crippen LogP contribution is -2.29. The van der Waals surface area contributed by atoms with E-state index in [-0.39, 0.29) is 25.6 Å². The topological polar surface area (TPSA) is 132 Å². The maximum absolute atomic E-state index is 12.6. The molecular weight excluding hydrogens is 679 g/mol. The van der Waals surface area contributed by atoms with Crippen LogP contribution in [0.4, 0.5) is 0 Å². The lowest BCUT2D eigenvalue weighted by molar-refractivity contribution is -0.154. The van der Waals surface area contributed by atoms with Gasteiger partial charge in [0, 0.05) is 13.0 Å². The molecule has 0 aliphatic rings. The Morgan fingerprint density at radius 2 is 0.981 bits per heavy atom. The SMILES string of the molecule is CCCCCCC/C=C\CCCCCCCC(=O)OC(COCCCCCCCCCCCCCCCCCCC)COP(=O)(O)OCC(O)CO. The minimum absolute atomic E-state index is 0.0517. The van der Waals surface area contributed by atoms with Gasteiger partial charge in [-0.1, -0.05) is 174 Å². The molecule has 3 N–H and O–H groups in total. The number of ether oxygens (including phenoxy) is 2. The standard InChI is InChI=1S/C42H83O9P/c1-3-5-7-9-11-13-15-17-19-20-21-23-25-27-29-31-33-35-48-38-41(39-50-52(46,47)49-37-40(44)36-43)51-42(45)34-32-30-28-26-24-22-18-16-14-12-10-8-6-4-2/h16,18,40-41,43-44H,3-15,17,19-39H2,1-2H3,(H,46,47)/b18-16-. The van der Waals surface area contributed by atoms with Crippen molar-refractivity contribution in [1.82, 2.24) is 0 Å². The molecule has 0 amide bonds. The first kappa shape index (κ1) is 51.2. The van der Waals surface area contributed by atoms with E-state index in [9.17, 15) is 19.4 Å². The van der Waals surface area contributed by atoms with Gasteiger partial charge in [0.25, 0.3) is 0 Å². The third kappa shape index (κ3) is 38.9. The van der Waals surface area contributed by atoms with Crippen LogP contribution < -0.4 is 0 Å². The Balaban J connectivity index is 4.14. The molecule has 0 heterocycles. The molecule has 310 valence electrons. The Bertz CT molecular complexity index is 825. The highest BCUT2D eigenvalue weighted by atomic mass is 31.2. The lowest BCUT2D eigenvalue weighted by atomic mass is 10.0. The fraction of sp³-hybridized carbons (Fsp3) is 0.929. The van der Waals surface area contributed by atoms with Crippen LogP contribution in [-0.2, 0) is 27.9 Å². The predicted octanol–water partition coefficient (Wildman–Crippen LogP) is 11.7. The first-order chi connectivity index (χ1) is 25.3. The number of hydrogen-bond acceptors (Lipinski definition) is 8. The van der Waals surface area contributed by atoms with E-state index in [2.05, 4.69) is 26.0 Å². The molecule has 0 aliphatic carbocycles. The molecule has 0 spiro atoms. The number of esters is 1. The average molecular weight is 763 g/mol. The van der Waals surface area contributed by atoms with E-state index in [1.807, 2.05) is 0 Å². The van der Waals surface area contributed by atoms with E-state index in [0.29, 0.717) is 6.61 Å². The number of aliphatic hydroxyl groups is 2. The Kier molecular flexibility index (Phi) is 39.3. The van der Waals surface area contributed by atoms with Crippen molar-refractivity contribution in [1.29, 1.82) is 0 Å². The number of rotatable bonds is 42. The molecule has 0 bridgehead atoms. The van der Waals surface area contributed by atoms with Gasteiger partial charge in [0.15, 0.2) is 0 Å². The Morgan fingerprint density at radius 3 is 1.44 bits per heavy atom. The third-order valence-corrected chi connectivity index (χ3v) is 10.4. The summed E-state index contributed by atoms with van der Waals surface area (Å²) in [5.41, 5.74) is 0. The molecule has 3 atom stereocenters. The fourth-order valence-corrected chi connectivity index (χ4v) is 6.91. The predicted molar refractivity (Wildman–Crippen MR) is 215 cm³/mol. The molecule has 3 unspecified atom stereocenters. The molecule has 0 radical (unpaired) electrons. The smallest absolute Gasteiger partial charge is 0.457 e. The zero-order valence-electron chi connectivity index (χ0n) is 33.8. The minimum Gasteiger partial charge on any atom is -0.457 e. The Morgan fingerprint density at radius 1 is 0.577 bits per heavy atom. The highest BCUT2D eigenvalue weighted by molar-refractivity contribution is 7.47. The summed E-state index contributed by atoms with van der Waals surface area (Å²) in [6, 6.07) is 0. The summed E-state index contributed by atoms with van der Waals surface area (Å²) < 4.78 is 33.3. The summed E-state index contributed by atoms with van der Waals surface area (Å²) in [7, 11) is -4.51. The zero-order chi connectivity index (χ0) is 38.2. The second-order valence-electron chi connectivity index (χ2n) is 14.7. The van der Waals surface area contributed by atoms with Gasteiger partial charge in [0.05, 0.1) is 26.4 Å². The zero-order valence-corrected chi connectivity index (χ0v) is 34.7. The molecular formula is C42H83O9P. The number of unbranched alkanes of at least 4 members (excludes halogenated alkanes) is 26. The van der Waals surface area contributed by atoms with Crippen LogP contribution in [0, 0.1) is 0 Å². The molecule has 0 aliphatic heterocycles. The van der Waals surface area contributed by atoms with Gasteiger partial charge >= 0.3 is 13.8 Å². The number of aliphatic hydroxyl groups excluding tert-OH is 2. The van der Waals surface area contributed by atoms with E-state index < -0.39 is 33.2 Å². The lowest BCUT2D eigenvalue weighted by Gasteiger charge is -2.20. The Labute approximate surface area is 320 Å². The molecule has 52 heavy (non-hydrogen) atoms. The van der Waals surface area contributed by atoms with E-state index in [0.717, 1.165) is 51.4 Å². The summed E-state index contributed by atoms with van der Waals surface area (Å²) in [5, 5.41) is 18.3. The van der Waals surface area contributed by atoms with Crippen LogP contribution in [-0.4, -0.2) is 66.3 Å². The maximum atomic E-state index is 12.6. The van der Waals surface area contributed by atoms with Crippen LogP contribution in [0.5, 0.6) is 0 Å². The molecule has 0 saturated carbocycles. The number of allylic oxidation sites excluding steroid dienone is 2. The van der Waals surface area contributed by atoms with Gasteiger partial charge in [-0.05, 0) is 38.5 Å². The normalized spacial score (nSPS) is 14.2. The molecule has 0 aromatic rings. The van der Waals surface area contributed by atoms with Crippen molar-refractivity contribution in [2.75, 3.05) is 33.0 Å². The summed E-state index contributed by atoms with van der Waals surface area (Å²) in [6.07, 6.45) is 38.8. The van der Waals surface area contributed by atoms with Crippen molar-refractivity contribution in [3.63, 3.8) is 0 Å². The van der Waals surface area contributed by atoms with Gasteiger partial charge in [-0.2, -0.15) is 0 Å². The summed E-state index contributed by atoms with van der Waals surface area (Å²) in [4.78, 5) is 22.5. The Hall–Kier alpha value is -0.800. The highest BCUT2D eigenvalue weighted by Gasteiger charge is 2.26. The number of phosphoric acid groups is 1. The van der Waals surface area contributed by atoms with Crippen LogP contribution in [0.25, 0.3) is 0 Å². The van der Waals surface area contributed by atoms with Crippen LogP contribution in [0.15, 0.2) is 12.2 Å². The molecule has 0 aromatic heterocycles. The molecule has 10 heteroatoms. The minimum atomic E-state index is -4.51. The van der Waals surface area contributed by atoms with Gasteiger partial charge in [0.1, 0.15) is 12.2 Å². The molecule has 0 aromatic carbocycles. The molecule has 0 rings (SSSR count). The summed E-state index contributed by atoms with van der Waals surface area (Å²) >= 11 is 0. The monoisotopic (exact) mass is 763 g/mol. The number of carbonyl (C=O) groups is 1. The third-order valence-electron chi connectivity index (χ3n) is 9.45. The van der Waals surface area contributed by atoms with E-state index in [1.54, 1.807) is 0 Å². The summed E-state index contributed by atoms with van der Waals surface area (Å²) in [6.45, 7) is 3.54. The van der Waals surface area contributed by atoms with Gasteiger partial charge in [-0.3, -0.25) is 13.8 Å². The van der Waals surface area contributed by atoms with Crippen molar-refractivity contribution in [3.05, 3.63) is 12.2 Å². The molecule has 0 saturated heterocycles. The quantitative estimate of drug-likeness (QED) is 0.0241. The van der Waals surface area contributed by atoms with Gasteiger partial charge in [0.2, 0.25) is 0 Å². The average Bonchev–Trinajstić information content (AvgIpc) is 3.13. The fourth-order valence-electron chi connectivity index (χ4n) is 6.12. The van der Waals surface area contributed by atoms with Crippen molar-refractivity contribution in [2.24, 2.45) is 0 Å². The number of hydrogen-bond donors (Lipinski definition) is 3. The van der Waals surface area contributed by atoms with E-state index >= 15 is 0 Å². The van der Waals surface area contributed by atoms with Crippen LogP contribution in [0.3, 0.4) is 0 Å². The first-order valence-electron chi connectivity index (χ1n) is 21.7. The van der Waals surface area contributed by atoms with Crippen LogP contribution in [0.1, 0.15) is 206 Å². The highest BCUT2D eigenvalue weighted by Crippen LogP contribution is 2.43. The van der Waals surface area contributed by atoms with Gasteiger partial charge < -0.3 is 24.6 Å². The van der Waals surface area contributed by atoms with Crippen molar-refractivity contribution >= 4 is 13.8 Å². The summed E-state index contributed by atoms with van der Waals surface area (Å²) in [5.74, 6) is -0.388. The second kappa shape index (κ2) is 39.9. The van der Waals surface area contributed by atoms with E-state index in [1.165, 1.54) is 135 Å². The number of carbonyl (C=O) groups excluding carboxylic acids is 1. The first-order valence-corrected chi connectivity index (χ1v) is 23.2. The molecule has 9 nitrogen and oxygen atoms in total. The van der Waals surface area contributed by atoms with Crippen LogP contribution in [0.2, 0.25) is 0 Å². The van der Waals surface area contributed by atoms with Crippen molar-refractivity contribution in [2.45, 2.75) is 219 Å². The van der Waals surface area contributed by atoms with Crippen LogP contribution >= 0.6 is 7.82 Å².